The van der Waals surface area contributed by atoms with Crippen molar-refractivity contribution in [1.29, 1.82) is 0 Å². The second kappa shape index (κ2) is 4.36. The molecule has 1 atom stereocenters. The summed E-state index contributed by atoms with van der Waals surface area (Å²) in [5, 5.41) is 0.135. The maximum Gasteiger partial charge on any atom is 0.0585 e. The van der Waals surface area contributed by atoms with Crippen molar-refractivity contribution < 1.29 is 0 Å². The molecule has 2 heteroatoms. The van der Waals surface area contributed by atoms with Crippen LogP contribution in [-0.2, 0) is 0 Å². The molecule has 0 saturated carbocycles. The normalized spacial score (nSPS) is 12.8. The van der Waals surface area contributed by atoms with Gasteiger partial charge in [0, 0.05) is 5.69 Å². The van der Waals surface area contributed by atoms with Gasteiger partial charge in [0.25, 0.3) is 0 Å². The third-order valence-corrected chi connectivity index (χ3v) is 2.31. The molecule has 66 valence electrons. The molecule has 2 N–H and O–H groups in total. The number of hydrogen-bond acceptors (Lipinski definition) is 1. The van der Waals surface area contributed by atoms with Crippen LogP contribution in [0.3, 0.4) is 0 Å². The number of anilines is 1. The smallest absolute Gasteiger partial charge is 0.0585 e. The van der Waals surface area contributed by atoms with Crippen LogP contribution >= 0.6 is 11.6 Å². The van der Waals surface area contributed by atoms with E-state index in [0.717, 1.165) is 24.1 Å². The van der Waals surface area contributed by atoms with Crippen molar-refractivity contribution in [3.63, 3.8) is 0 Å². The zero-order chi connectivity index (χ0) is 8.97. The van der Waals surface area contributed by atoms with Gasteiger partial charge in [-0.25, -0.2) is 0 Å². The fraction of sp³-hybridized carbons (Fsp3) is 0.400. The van der Waals surface area contributed by atoms with E-state index in [0.29, 0.717) is 0 Å². The summed E-state index contributed by atoms with van der Waals surface area (Å²) in [5.74, 6) is 0. The van der Waals surface area contributed by atoms with Gasteiger partial charge in [0.15, 0.2) is 0 Å². The van der Waals surface area contributed by atoms with Crippen LogP contribution in [0.4, 0.5) is 5.69 Å². The van der Waals surface area contributed by atoms with E-state index < -0.39 is 0 Å². The lowest BCUT2D eigenvalue weighted by Gasteiger charge is -2.07. The number of hydrogen-bond donors (Lipinski definition) is 1. The zero-order valence-electron chi connectivity index (χ0n) is 7.26. The standard InChI is InChI=1S/C10H14ClN/c1-2-3-10(11)8-4-6-9(12)7-5-8/h4-7,10H,2-3,12H2,1H3. The lowest BCUT2D eigenvalue weighted by atomic mass is 10.1. The molecule has 12 heavy (non-hydrogen) atoms. The van der Waals surface area contributed by atoms with Gasteiger partial charge < -0.3 is 5.73 Å². The lowest BCUT2D eigenvalue weighted by Crippen LogP contribution is -1.90. The van der Waals surface area contributed by atoms with Crippen LogP contribution in [-0.4, -0.2) is 0 Å². The molecule has 0 bridgehead atoms. The van der Waals surface area contributed by atoms with E-state index in [9.17, 15) is 0 Å². The van der Waals surface area contributed by atoms with Crippen molar-refractivity contribution >= 4 is 17.3 Å². The summed E-state index contributed by atoms with van der Waals surface area (Å²) in [6.07, 6.45) is 2.13. The predicted octanol–water partition coefficient (Wildman–Crippen LogP) is 3.35. The van der Waals surface area contributed by atoms with Gasteiger partial charge in [0.05, 0.1) is 5.38 Å². The van der Waals surface area contributed by atoms with E-state index in [1.54, 1.807) is 0 Å². The number of benzene rings is 1. The van der Waals surface area contributed by atoms with Crippen molar-refractivity contribution in [2.24, 2.45) is 0 Å². The Labute approximate surface area is 78.5 Å². The molecule has 0 amide bonds. The number of nitrogens with two attached hydrogens (primary N) is 1. The Morgan fingerprint density at radius 1 is 1.33 bits per heavy atom. The molecule has 0 aliphatic heterocycles. The first kappa shape index (κ1) is 9.40. The van der Waals surface area contributed by atoms with E-state index >= 15 is 0 Å². The number of alkyl halides is 1. The van der Waals surface area contributed by atoms with Crippen molar-refractivity contribution in [2.75, 3.05) is 5.73 Å². The Kier molecular flexibility index (Phi) is 3.42. The molecular formula is C10H14ClN. The van der Waals surface area contributed by atoms with Crippen LogP contribution < -0.4 is 5.73 Å². The highest BCUT2D eigenvalue weighted by molar-refractivity contribution is 6.20. The first-order valence-electron chi connectivity index (χ1n) is 4.23. The van der Waals surface area contributed by atoms with Gasteiger partial charge in [-0.3, -0.25) is 0 Å². The van der Waals surface area contributed by atoms with Crippen molar-refractivity contribution in [1.82, 2.24) is 0 Å². The summed E-state index contributed by atoms with van der Waals surface area (Å²) in [6, 6.07) is 7.76. The van der Waals surface area contributed by atoms with Crippen molar-refractivity contribution in [2.45, 2.75) is 25.1 Å². The van der Waals surface area contributed by atoms with Crippen molar-refractivity contribution in [3.8, 4) is 0 Å². The Bertz CT molecular complexity index is 230. The molecule has 0 aliphatic carbocycles. The Balaban J connectivity index is 2.68. The number of rotatable bonds is 3. The first-order chi connectivity index (χ1) is 5.74. The maximum absolute atomic E-state index is 6.12. The van der Waals surface area contributed by atoms with Gasteiger partial charge in [-0.15, -0.1) is 11.6 Å². The molecular weight excluding hydrogens is 170 g/mol. The fourth-order valence-electron chi connectivity index (χ4n) is 1.12. The van der Waals surface area contributed by atoms with Gasteiger partial charge >= 0.3 is 0 Å². The van der Waals surface area contributed by atoms with Gasteiger partial charge in [0.2, 0.25) is 0 Å². The number of halogens is 1. The topological polar surface area (TPSA) is 26.0 Å². The minimum absolute atomic E-state index is 0.135. The summed E-state index contributed by atoms with van der Waals surface area (Å²) >= 11 is 6.12. The molecule has 0 fully saturated rings. The van der Waals surface area contributed by atoms with Crippen LogP contribution in [0.1, 0.15) is 30.7 Å². The summed E-state index contributed by atoms with van der Waals surface area (Å²) in [4.78, 5) is 0. The summed E-state index contributed by atoms with van der Waals surface area (Å²) in [5.41, 5.74) is 7.51. The highest BCUT2D eigenvalue weighted by atomic mass is 35.5. The lowest BCUT2D eigenvalue weighted by molar-refractivity contribution is 0.770. The molecule has 0 aromatic heterocycles. The average molecular weight is 184 g/mol. The van der Waals surface area contributed by atoms with E-state index in [-0.39, 0.29) is 5.38 Å². The highest BCUT2D eigenvalue weighted by Gasteiger charge is 2.04. The minimum Gasteiger partial charge on any atom is -0.399 e. The van der Waals surface area contributed by atoms with E-state index in [2.05, 4.69) is 6.92 Å². The van der Waals surface area contributed by atoms with E-state index in [1.807, 2.05) is 24.3 Å². The summed E-state index contributed by atoms with van der Waals surface area (Å²) in [7, 11) is 0. The first-order valence-corrected chi connectivity index (χ1v) is 4.67. The number of nitrogen functional groups attached to an aromatic ring is 1. The van der Waals surface area contributed by atoms with Crippen LogP contribution in [0.25, 0.3) is 0 Å². The Morgan fingerprint density at radius 3 is 2.42 bits per heavy atom. The van der Waals surface area contributed by atoms with Crippen LogP contribution in [0, 0.1) is 0 Å². The van der Waals surface area contributed by atoms with E-state index in [4.69, 9.17) is 17.3 Å². The quantitative estimate of drug-likeness (QED) is 0.565. The molecule has 1 unspecified atom stereocenters. The molecule has 0 radical (unpaired) electrons. The van der Waals surface area contributed by atoms with E-state index in [1.165, 1.54) is 0 Å². The Morgan fingerprint density at radius 2 is 1.92 bits per heavy atom. The van der Waals surface area contributed by atoms with Crippen LogP contribution in [0.5, 0.6) is 0 Å². The SMILES string of the molecule is CCCC(Cl)c1ccc(N)cc1. The van der Waals surface area contributed by atoms with Gasteiger partial charge in [-0.1, -0.05) is 25.5 Å². The molecule has 1 nitrogen and oxygen atoms in total. The molecule has 0 heterocycles. The third-order valence-electron chi connectivity index (χ3n) is 1.84. The second-order valence-corrected chi connectivity index (χ2v) is 3.45. The van der Waals surface area contributed by atoms with Gasteiger partial charge in [-0.05, 0) is 24.1 Å². The maximum atomic E-state index is 6.12. The monoisotopic (exact) mass is 183 g/mol. The molecule has 0 aliphatic rings. The molecule has 0 spiro atoms. The highest BCUT2D eigenvalue weighted by Crippen LogP contribution is 2.25. The van der Waals surface area contributed by atoms with Crippen LogP contribution in [0.15, 0.2) is 24.3 Å². The third kappa shape index (κ3) is 2.42. The molecule has 1 aromatic rings. The van der Waals surface area contributed by atoms with Gasteiger partial charge in [0.1, 0.15) is 0 Å². The zero-order valence-corrected chi connectivity index (χ0v) is 8.01. The Hall–Kier alpha value is -0.690. The van der Waals surface area contributed by atoms with Gasteiger partial charge in [-0.2, -0.15) is 0 Å². The minimum atomic E-state index is 0.135. The molecule has 1 rings (SSSR count). The summed E-state index contributed by atoms with van der Waals surface area (Å²) in [6.45, 7) is 2.13. The predicted molar refractivity (Wildman–Crippen MR) is 54.4 cm³/mol. The second-order valence-electron chi connectivity index (χ2n) is 2.92. The molecule has 1 aromatic carbocycles. The summed E-state index contributed by atoms with van der Waals surface area (Å²) < 4.78 is 0. The van der Waals surface area contributed by atoms with Crippen LogP contribution in [0.2, 0.25) is 0 Å². The molecule has 0 saturated heterocycles. The fourth-order valence-corrected chi connectivity index (χ4v) is 1.49. The van der Waals surface area contributed by atoms with Crippen molar-refractivity contribution in [3.05, 3.63) is 29.8 Å². The average Bonchev–Trinajstić information content (AvgIpc) is 2.06. The largest absolute Gasteiger partial charge is 0.399 e.